The molecule has 324 valence electrons. The van der Waals surface area contributed by atoms with Crippen molar-refractivity contribution in [2.24, 2.45) is 0 Å². The van der Waals surface area contributed by atoms with E-state index in [1.165, 1.54) is 97.1 Å². The molecule has 4 aromatic carbocycles. The molecule has 0 fully saturated rings. The number of carboxylic acid groups (broad SMARTS) is 8. The quantitative estimate of drug-likeness (QED) is 0.0464. The van der Waals surface area contributed by atoms with Crippen LogP contribution in [-0.4, -0.2) is 100 Å². The molecule has 0 N–H and O–H groups in total. The third-order valence-electron chi connectivity index (χ3n) is 8.89. The molecule has 0 heterocycles. The van der Waals surface area contributed by atoms with E-state index in [1.54, 1.807) is 0 Å². The van der Waals surface area contributed by atoms with Crippen molar-refractivity contribution in [3.63, 3.8) is 0 Å². The van der Waals surface area contributed by atoms with E-state index in [0.717, 1.165) is 19.6 Å². The van der Waals surface area contributed by atoms with Crippen molar-refractivity contribution in [3.05, 3.63) is 119 Å². The number of carbonyl (C=O) groups excluding carboxylic acids is 8. The van der Waals surface area contributed by atoms with Crippen LogP contribution in [0.15, 0.2) is 97.1 Å². The molecule has 0 atom stereocenters. The Morgan fingerprint density at radius 1 is 0.243 bits per heavy atom. The molecule has 20 nitrogen and oxygen atoms in total. The van der Waals surface area contributed by atoms with Gasteiger partial charge in [-0.2, -0.15) is 0 Å². The number of rotatable bonds is 24. The van der Waals surface area contributed by atoms with Crippen LogP contribution in [0.3, 0.4) is 0 Å². The fraction of sp³-hybridized carbons (Fsp3) is 0.190. The summed E-state index contributed by atoms with van der Waals surface area (Å²) in [5.74, 6) is -12.7. The van der Waals surface area contributed by atoms with Crippen LogP contribution in [-0.2, 0) is 38.4 Å². The summed E-state index contributed by atoms with van der Waals surface area (Å²) < 4.78 is 0. The van der Waals surface area contributed by atoms with Gasteiger partial charge in [-0.1, -0.05) is 48.5 Å². The fourth-order valence-electron chi connectivity index (χ4n) is 6.47. The Hall–Kier alpha value is 4.67. The van der Waals surface area contributed by atoms with E-state index in [4.69, 9.17) is 0 Å². The maximum Gasteiger partial charge on any atom is 1.00 e. The molecule has 0 aliphatic carbocycles. The number of anilines is 4. The average Bonchev–Trinajstić information content (AvgIpc) is 3.18. The van der Waals surface area contributed by atoms with Gasteiger partial charge in [-0.15, -0.1) is 0 Å². The van der Waals surface area contributed by atoms with E-state index in [-0.39, 0.29) is 434 Å². The Balaban J connectivity index is -0.00000176. The fourth-order valence-corrected chi connectivity index (χ4v) is 6.47. The molecule has 0 spiro atoms. The van der Waals surface area contributed by atoms with Crippen molar-refractivity contribution >= 4 is 81.7 Å². The zero-order valence-electron chi connectivity index (χ0n) is 40.2. The van der Waals surface area contributed by atoms with E-state index in [9.17, 15) is 79.2 Å². The summed E-state index contributed by atoms with van der Waals surface area (Å²) in [6, 6.07) is 23.2. The number of benzene rings is 4. The monoisotopic (exact) mass is 1160 g/mol. The zero-order valence-corrected chi connectivity index (χ0v) is 65.2. The predicted octanol–water partition coefficient (Wildman–Crippen LogP) is -32.0. The first kappa shape index (κ1) is 83.5. The topological polar surface area (TPSA) is 334 Å². The van der Waals surface area contributed by atoms with Crippen LogP contribution in [0.4, 0.5) is 22.7 Å². The Bertz CT molecular complexity index is 1990. The Morgan fingerprint density at radius 2 is 0.357 bits per heavy atom. The normalized spacial score (nSPS) is 9.31. The molecule has 0 saturated carbocycles. The van der Waals surface area contributed by atoms with Gasteiger partial charge in [0.05, 0.1) is 100 Å². The maximum atomic E-state index is 11.5. The largest absolute Gasteiger partial charge is 1.00 e. The molecule has 0 aliphatic heterocycles. The molecular formula is C42H32K8N4O16. The Morgan fingerprint density at radius 3 is 0.457 bits per heavy atom. The molecule has 0 amide bonds. The van der Waals surface area contributed by atoms with Gasteiger partial charge in [0.2, 0.25) is 0 Å². The van der Waals surface area contributed by atoms with Gasteiger partial charge in [-0.3, -0.25) is 0 Å². The van der Waals surface area contributed by atoms with Crippen molar-refractivity contribution in [1.82, 2.24) is 0 Å². The van der Waals surface area contributed by atoms with Gasteiger partial charge in [0.15, 0.2) is 0 Å². The van der Waals surface area contributed by atoms with Crippen molar-refractivity contribution in [2.75, 3.05) is 72.0 Å². The van der Waals surface area contributed by atoms with Crippen molar-refractivity contribution < 1.29 is 490 Å². The first-order chi connectivity index (χ1) is 29.3. The first-order valence-corrected chi connectivity index (χ1v) is 18.1. The molecule has 0 saturated heterocycles. The zero-order chi connectivity index (χ0) is 45.7. The van der Waals surface area contributed by atoms with E-state index >= 15 is 0 Å². The number of hydrogen-bond donors (Lipinski definition) is 0. The third kappa shape index (κ3) is 29.4. The molecule has 0 unspecified atom stereocenters. The van der Waals surface area contributed by atoms with Crippen molar-refractivity contribution in [1.29, 1.82) is 0 Å². The third-order valence-corrected chi connectivity index (χ3v) is 8.89. The standard InChI is InChI=1S/C42H40N4O16.8K/c47-33(48)17-43(18-34(49)50)29-9-1-25(2-10-29)41(26-3-11-30(12-4-26)44(19-35(51)52)20-36(53)54)42(27-5-13-31(14-6-27)45(21-37(55)56)22-38(57)58)28-7-15-32(16-8-28)46(23-39(59)60)24-40(61)62;;;;;;;;/h1-16H,17-24H2,(H,47,48)(H,49,50)(H,51,52)(H,53,54)(H,55,56)(H,57,58)(H,59,60)(H,61,62);;;;;;;;/q;8*+1/p-8. The van der Waals surface area contributed by atoms with Gasteiger partial charge in [-0.25, -0.2) is 0 Å². The summed E-state index contributed by atoms with van der Waals surface area (Å²) in [4.78, 5) is 95.7. The van der Waals surface area contributed by atoms with Gasteiger partial charge in [-0.05, 0) is 81.9 Å². The Labute approximate surface area is 743 Å². The number of aliphatic carboxylic acids is 8. The molecule has 4 rings (SSSR count). The minimum atomic E-state index is -1.59. The number of carboxylic acids is 8. The van der Waals surface area contributed by atoms with Gasteiger partial charge < -0.3 is 98.8 Å². The second-order valence-electron chi connectivity index (χ2n) is 13.3. The van der Waals surface area contributed by atoms with Crippen molar-refractivity contribution in [3.8, 4) is 0 Å². The minimum absolute atomic E-state index is 0. The molecular weight excluding hydrogens is 1130 g/mol. The summed E-state index contributed by atoms with van der Waals surface area (Å²) in [5.41, 5.74) is 2.59. The van der Waals surface area contributed by atoms with Crippen molar-refractivity contribution in [2.45, 2.75) is 0 Å². The molecule has 4 aromatic rings. The maximum absolute atomic E-state index is 11.5. The molecule has 0 aliphatic rings. The van der Waals surface area contributed by atoms with Crippen LogP contribution in [0.1, 0.15) is 22.3 Å². The number of carbonyl (C=O) groups is 8. The smallest absolute Gasteiger partial charge is 0.548 e. The summed E-state index contributed by atoms with van der Waals surface area (Å²) in [6.07, 6.45) is 0. The number of nitrogens with zero attached hydrogens (tertiary/aromatic N) is 4. The first-order valence-electron chi connectivity index (χ1n) is 18.1. The van der Waals surface area contributed by atoms with Crippen LogP contribution in [0, 0.1) is 0 Å². The molecule has 70 heavy (non-hydrogen) atoms. The molecule has 0 bridgehead atoms. The Kier molecular flexibility index (Phi) is 51.8. The average molecular weight is 1160 g/mol. The van der Waals surface area contributed by atoms with Gasteiger partial charge in [0, 0.05) is 22.7 Å². The minimum Gasteiger partial charge on any atom is -0.548 e. The second kappa shape index (κ2) is 43.4. The van der Waals surface area contributed by atoms with E-state index in [1.807, 2.05) is 0 Å². The van der Waals surface area contributed by atoms with Gasteiger partial charge >= 0.3 is 411 Å². The van der Waals surface area contributed by atoms with Crippen LogP contribution in [0.5, 0.6) is 0 Å². The summed E-state index contributed by atoms with van der Waals surface area (Å²) >= 11 is 0. The van der Waals surface area contributed by atoms with Crippen LogP contribution in [0.2, 0.25) is 0 Å². The second-order valence-corrected chi connectivity index (χ2v) is 13.3. The number of hydrogen-bond acceptors (Lipinski definition) is 20. The molecule has 0 aromatic heterocycles. The van der Waals surface area contributed by atoms with E-state index in [0.29, 0.717) is 33.4 Å². The van der Waals surface area contributed by atoms with E-state index < -0.39 is 100 Å². The van der Waals surface area contributed by atoms with Crippen LogP contribution < -0.4 is 472 Å². The summed E-state index contributed by atoms with van der Waals surface area (Å²) in [6.45, 7) is -6.59. The summed E-state index contributed by atoms with van der Waals surface area (Å²) in [5, 5.41) is 91.8. The summed E-state index contributed by atoms with van der Waals surface area (Å²) in [7, 11) is 0. The van der Waals surface area contributed by atoms with Gasteiger partial charge in [0.25, 0.3) is 0 Å². The molecule has 0 radical (unpaired) electrons. The SMILES string of the molecule is O=C([O-])CN(CC(=O)[O-])c1ccc(C(=C(c2ccc(N(CC(=O)[O-])CC(=O)[O-])cc2)c2ccc(N(CC(=O)[O-])CC(=O)[O-])cc2)c2ccc(N(CC(=O)[O-])CC(=O)[O-])cc2)cc1.[K+].[K+].[K+].[K+].[K+].[K+].[K+].[K+]. The van der Waals surface area contributed by atoms with Gasteiger partial charge in [0.1, 0.15) is 0 Å². The van der Waals surface area contributed by atoms with Crippen LogP contribution >= 0.6 is 0 Å². The van der Waals surface area contributed by atoms with Crippen LogP contribution in [0.25, 0.3) is 11.1 Å². The molecule has 28 heteroatoms. The predicted molar refractivity (Wildman–Crippen MR) is 200 cm³/mol. The van der Waals surface area contributed by atoms with E-state index in [2.05, 4.69) is 0 Å².